The number of amides is 1. The molecule has 2 aromatic carbocycles. The predicted molar refractivity (Wildman–Crippen MR) is 82.2 cm³/mol. The lowest BCUT2D eigenvalue weighted by atomic mass is 10.1. The average molecular weight is 371 g/mol. The van der Waals surface area contributed by atoms with Gasteiger partial charge in [0, 0.05) is 10.6 Å². The molecule has 0 saturated carbocycles. The van der Waals surface area contributed by atoms with Gasteiger partial charge < -0.3 is 15.5 Å². The summed E-state index contributed by atoms with van der Waals surface area (Å²) in [7, 11) is 0. The van der Waals surface area contributed by atoms with Gasteiger partial charge in [-0.15, -0.1) is 0 Å². The molecule has 0 aliphatic heterocycles. The van der Waals surface area contributed by atoms with Crippen LogP contribution < -0.4 is 5.32 Å². The quantitative estimate of drug-likeness (QED) is 0.768. The zero-order valence-electron chi connectivity index (χ0n) is 10.4. The topological polar surface area (TPSA) is 86.6 Å². The summed E-state index contributed by atoms with van der Waals surface area (Å²) in [5.74, 6) is -1.82. The summed E-state index contributed by atoms with van der Waals surface area (Å²) in [5.41, 5.74) is 0.198. The fourth-order valence-corrected chi connectivity index (χ4v) is 2.07. The van der Waals surface area contributed by atoms with Crippen LogP contribution in [0.2, 0.25) is 5.02 Å². The largest absolute Gasteiger partial charge is 0.507 e. The van der Waals surface area contributed by atoms with Gasteiger partial charge in [0.2, 0.25) is 0 Å². The Morgan fingerprint density at radius 1 is 1.14 bits per heavy atom. The molecular formula is C14H9BrClNO4. The number of aromatic hydroxyl groups is 1. The molecule has 7 heteroatoms. The zero-order valence-corrected chi connectivity index (χ0v) is 12.8. The van der Waals surface area contributed by atoms with Gasteiger partial charge in [0.1, 0.15) is 5.75 Å². The van der Waals surface area contributed by atoms with Crippen molar-refractivity contribution in [1.82, 2.24) is 0 Å². The van der Waals surface area contributed by atoms with Gasteiger partial charge >= 0.3 is 5.97 Å². The minimum Gasteiger partial charge on any atom is -0.507 e. The molecule has 0 aliphatic rings. The number of phenols is 1. The second kappa shape index (κ2) is 6.15. The van der Waals surface area contributed by atoms with Crippen LogP contribution in [0.1, 0.15) is 20.7 Å². The lowest BCUT2D eigenvalue weighted by Gasteiger charge is -2.09. The summed E-state index contributed by atoms with van der Waals surface area (Å²) in [5, 5.41) is 21.4. The standard InChI is InChI=1S/C14H9BrClNO4/c15-10-4-1-7(5-12(10)18)13(19)17-11-6-8(16)2-3-9(11)14(20)21/h1-6,18H,(H,17,19)(H,20,21). The Labute approximate surface area is 133 Å². The zero-order chi connectivity index (χ0) is 15.6. The molecule has 0 bridgehead atoms. The lowest BCUT2D eigenvalue weighted by molar-refractivity contribution is 0.0698. The molecule has 0 atom stereocenters. The summed E-state index contributed by atoms with van der Waals surface area (Å²) in [4.78, 5) is 23.2. The van der Waals surface area contributed by atoms with Crippen LogP contribution in [-0.2, 0) is 0 Å². The van der Waals surface area contributed by atoms with E-state index in [1.54, 1.807) is 0 Å². The number of rotatable bonds is 3. The van der Waals surface area contributed by atoms with E-state index in [1.165, 1.54) is 36.4 Å². The van der Waals surface area contributed by atoms with E-state index in [4.69, 9.17) is 16.7 Å². The average Bonchev–Trinajstić information content (AvgIpc) is 2.41. The van der Waals surface area contributed by atoms with Crippen molar-refractivity contribution in [2.45, 2.75) is 0 Å². The van der Waals surface area contributed by atoms with Crippen molar-refractivity contribution in [2.75, 3.05) is 5.32 Å². The third kappa shape index (κ3) is 3.53. The molecule has 1 amide bonds. The molecule has 0 aromatic heterocycles. The molecule has 0 saturated heterocycles. The Morgan fingerprint density at radius 2 is 1.86 bits per heavy atom. The molecule has 0 unspecified atom stereocenters. The summed E-state index contributed by atoms with van der Waals surface area (Å²) < 4.78 is 0.452. The van der Waals surface area contributed by atoms with Crippen molar-refractivity contribution in [3.8, 4) is 5.75 Å². The SMILES string of the molecule is O=C(Nc1cc(Cl)ccc1C(=O)O)c1ccc(Br)c(O)c1. The first-order valence-electron chi connectivity index (χ1n) is 5.71. The predicted octanol–water partition coefficient (Wildman–Crippen LogP) is 3.76. The molecular weight excluding hydrogens is 362 g/mol. The highest BCUT2D eigenvalue weighted by atomic mass is 79.9. The van der Waals surface area contributed by atoms with E-state index in [9.17, 15) is 14.7 Å². The van der Waals surface area contributed by atoms with Gasteiger partial charge in [-0.1, -0.05) is 11.6 Å². The van der Waals surface area contributed by atoms with Crippen LogP contribution in [0.5, 0.6) is 5.75 Å². The molecule has 108 valence electrons. The maximum Gasteiger partial charge on any atom is 0.337 e. The van der Waals surface area contributed by atoms with Crippen LogP contribution in [0.25, 0.3) is 0 Å². The van der Waals surface area contributed by atoms with Gasteiger partial charge in [0.05, 0.1) is 15.7 Å². The van der Waals surface area contributed by atoms with Crippen molar-refractivity contribution in [3.63, 3.8) is 0 Å². The number of aromatic carboxylic acids is 1. The van der Waals surface area contributed by atoms with Crippen LogP contribution in [0.4, 0.5) is 5.69 Å². The third-order valence-corrected chi connectivity index (χ3v) is 3.57. The number of phenolic OH excluding ortho intramolecular Hbond substituents is 1. The van der Waals surface area contributed by atoms with Crippen molar-refractivity contribution in [3.05, 3.63) is 57.0 Å². The number of carbonyl (C=O) groups excluding carboxylic acids is 1. The van der Waals surface area contributed by atoms with E-state index in [1.807, 2.05) is 0 Å². The number of carboxylic acid groups (broad SMARTS) is 1. The molecule has 21 heavy (non-hydrogen) atoms. The van der Waals surface area contributed by atoms with Gasteiger partial charge in [-0.3, -0.25) is 4.79 Å². The number of carbonyl (C=O) groups is 2. The molecule has 0 spiro atoms. The first kappa shape index (κ1) is 15.3. The highest BCUT2D eigenvalue weighted by molar-refractivity contribution is 9.10. The Morgan fingerprint density at radius 3 is 2.48 bits per heavy atom. The Hall–Kier alpha value is -2.05. The van der Waals surface area contributed by atoms with Crippen LogP contribution in [0, 0.1) is 0 Å². The second-order valence-electron chi connectivity index (χ2n) is 4.12. The van der Waals surface area contributed by atoms with Crippen molar-refractivity contribution < 1.29 is 19.8 Å². The van der Waals surface area contributed by atoms with E-state index in [0.717, 1.165) is 0 Å². The second-order valence-corrected chi connectivity index (χ2v) is 5.41. The van der Waals surface area contributed by atoms with E-state index in [2.05, 4.69) is 21.2 Å². The molecule has 0 aliphatic carbocycles. The van der Waals surface area contributed by atoms with Crippen LogP contribution in [0.3, 0.4) is 0 Å². The Balaban J connectivity index is 2.33. The van der Waals surface area contributed by atoms with Crippen LogP contribution in [0.15, 0.2) is 40.9 Å². The fraction of sp³-hybridized carbons (Fsp3) is 0. The molecule has 3 N–H and O–H groups in total. The number of carboxylic acids is 1. The monoisotopic (exact) mass is 369 g/mol. The summed E-state index contributed by atoms with van der Waals surface area (Å²) in [6, 6.07) is 8.35. The van der Waals surface area contributed by atoms with Gasteiger partial charge in [-0.25, -0.2) is 4.79 Å². The van der Waals surface area contributed by atoms with Crippen LogP contribution >= 0.6 is 27.5 Å². The highest BCUT2D eigenvalue weighted by Crippen LogP contribution is 2.26. The smallest absolute Gasteiger partial charge is 0.337 e. The first-order chi connectivity index (χ1) is 9.88. The normalized spacial score (nSPS) is 10.2. The van der Waals surface area contributed by atoms with Gasteiger partial charge in [-0.2, -0.15) is 0 Å². The third-order valence-electron chi connectivity index (χ3n) is 2.67. The first-order valence-corrected chi connectivity index (χ1v) is 6.88. The van der Waals surface area contributed by atoms with Gasteiger partial charge in [-0.05, 0) is 52.3 Å². The number of hydrogen-bond donors (Lipinski definition) is 3. The highest BCUT2D eigenvalue weighted by Gasteiger charge is 2.15. The number of anilines is 1. The van der Waals surface area contributed by atoms with Crippen molar-refractivity contribution in [2.24, 2.45) is 0 Å². The van der Waals surface area contributed by atoms with E-state index >= 15 is 0 Å². The number of benzene rings is 2. The van der Waals surface area contributed by atoms with E-state index in [-0.39, 0.29) is 22.6 Å². The van der Waals surface area contributed by atoms with E-state index < -0.39 is 11.9 Å². The van der Waals surface area contributed by atoms with E-state index in [0.29, 0.717) is 9.50 Å². The minimum atomic E-state index is -1.18. The van der Waals surface area contributed by atoms with Crippen molar-refractivity contribution in [1.29, 1.82) is 0 Å². The maximum absolute atomic E-state index is 12.1. The fourth-order valence-electron chi connectivity index (χ4n) is 1.65. The van der Waals surface area contributed by atoms with Gasteiger partial charge in [0.15, 0.2) is 0 Å². The molecule has 2 aromatic rings. The summed E-state index contributed by atoms with van der Waals surface area (Å²) in [6.45, 7) is 0. The molecule has 2 rings (SSSR count). The maximum atomic E-state index is 12.1. The number of hydrogen-bond acceptors (Lipinski definition) is 3. The van der Waals surface area contributed by atoms with Gasteiger partial charge in [0.25, 0.3) is 5.91 Å². The Bertz CT molecular complexity index is 733. The lowest BCUT2D eigenvalue weighted by Crippen LogP contribution is -2.14. The molecule has 0 heterocycles. The molecule has 5 nitrogen and oxygen atoms in total. The molecule has 0 fully saturated rings. The summed E-state index contributed by atoms with van der Waals surface area (Å²) in [6.07, 6.45) is 0. The molecule has 0 radical (unpaired) electrons. The number of nitrogens with one attached hydrogen (secondary N) is 1. The van der Waals surface area contributed by atoms with Crippen LogP contribution in [-0.4, -0.2) is 22.1 Å². The van der Waals surface area contributed by atoms with Crippen molar-refractivity contribution >= 4 is 45.1 Å². The Kier molecular flexibility index (Phi) is 4.50. The number of halogens is 2. The minimum absolute atomic E-state index is 0.0749. The summed E-state index contributed by atoms with van der Waals surface area (Å²) >= 11 is 8.92.